The van der Waals surface area contributed by atoms with Gasteiger partial charge in [-0.15, -0.1) is 6.42 Å². The number of phenols is 1. The van der Waals surface area contributed by atoms with Crippen LogP contribution in [-0.4, -0.2) is 110 Å². The van der Waals surface area contributed by atoms with E-state index in [9.17, 15) is 14.3 Å². The molecule has 0 saturated carbocycles. The highest BCUT2D eigenvalue weighted by Gasteiger charge is 2.50. The number of fused-ring (bicyclic) bond motifs is 7. The Morgan fingerprint density at radius 1 is 1.13 bits per heavy atom. The van der Waals surface area contributed by atoms with Gasteiger partial charge in [-0.1, -0.05) is 12.0 Å². The lowest BCUT2D eigenvalue weighted by Gasteiger charge is -2.42. The van der Waals surface area contributed by atoms with Crippen LogP contribution in [0.25, 0.3) is 43.7 Å². The highest BCUT2D eigenvalue weighted by atomic mass is 19.1. The number of hydrogen-bond donors (Lipinski definition) is 2. The molecule has 11 nitrogen and oxygen atoms in total. The summed E-state index contributed by atoms with van der Waals surface area (Å²) in [5.41, 5.74) is -0.171. The van der Waals surface area contributed by atoms with Crippen LogP contribution in [0.1, 0.15) is 37.7 Å². The quantitative estimate of drug-likeness (QED) is 0.194. The Labute approximate surface area is 302 Å². The third-order valence-electron chi connectivity index (χ3n) is 12.1. The van der Waals surface area contributed by atoms with Gasteiger partial charge in [-0.05, 0) is 61.4 Å². The normalized spacial score (nSPS) is 26.5. The fourth-order valence-electron chi connectivity index (χ4n) is 9.70. The summed E-state index contributed by atoms with van der Waals surface area (Å²) >= 11 is 0. The first kappa shape index (κ1) is 32.5. The average Bonchev–Trinajstić information content (AvgIpc) is 3.60. The van der Waals surface area contributed by atoms with Gasteiger partial charge in [0.2, 0.25) is 5.91 Å². The van der Waals surface area contributed by atoms with Crippen molar-refractivity contribution in [1.29, 1.82) is 0 Å². The monoisotopic (exact) mass is 722 g/mol. The third-order valence-corrected chi connectivity index (χ3v) is 12.1. The molecule has 272 valence electrons. The maximum atomic E-state index is 17.7. The topological polar surface area (TPSA) is 122 Å². The summed E-state index contributed by atoms with van der Waals surface area (Å²) < 4.78 is 55.6. The SMILES string of the molecule is C#Cc1c(F)ccc2cc(O)cc(-c3c(F)c4nc(OC[C@@]56CCCN5C[C@H](F)C6)nc(N5[C@@H]6CC[C@H]5CN(C(=O)C5CN5)C6)c4c4cn(C)nc34)c12. The van der Waals surface area contributed by atoms with E-state index < -0.39 is 23.3 Å². The summed E-state index contributed by atoms with van der Waals surface area (Å²) in [6.07, 6.45) is 10.3. The van der Waals surface area contributed by atoms with Crippen LogP contribution < -0.4 is 15.0 Å². The fraction of sp³-hybridized carbons (Fsp3) is 0.436. The number of phenolic OH excluding ortho intramolecular Hbond substituents is 1. The number of aromatic nitrogens is 4. The number of benzene rings is 3. The molecule has 2 aromatic heterocycles. The number of likely N-dealkylation sites (tertiary alicyclic amines) is 1. The van der Waals surface area contributed by atoms with E-state index in [0.29, 0.717) is 54.6 Å². The standard InChI is InChI=1S/C39H37F3N8O3/c1-3-25-28(41)8-5-20-11-24(51)12-26(30(20)25)31-33(42)35-32(27-18-47(2)46-34(27)31)36(50-22-6-7-23(50)17-48(16-22)37(52)29-14-43-29)45-38(44-35)53-19-39-9-4-10-49(39)15-21(40)13-39/h1,5,8,11-12,18,21-23,29,43,51H,4,6-7,9-10,13-17,19H2,2H3/t21-,22-,23+,29?,39+/m1/s1. The Balaban J connectivity index is 1.19. The van der Waals surface area contributed by atoms with Crippen LogP contribution in [0.15, 0.2) is 30.5 Å². The van der Waals surface area contributed by atoms with Crippen molar-refractivity contribution < 1.29 is 27.8 Å². The lowest BCUT2D eigenvalue weighted by Crippen LogP contribution is -2.56. The lowest BCUT2D eigenvalue weighted by molar-refractivity contribution is -0.131. The van der Waals surface area contributed by atoms with Gasteiger partial charge in [-0.3, -0.25) is 14.4 Å². The number of hydrogen-bond acceptors (Lipinski definition) is 9. The molecule has 14 heteroatoms. The van der Waals surface area contributed by atoms with E-state index in [1.807, 2.05) is 4.90 Å². The Morgan fingerprint density at radius 2 is 1.92 bits per heavy atom. The number of amides is 1. The highest BCUT2D eigenvalue weighted by molar-refractivity contribution is 6.18. The molecule has 2 bridgehead atoms. The number of piperazine rings is 1. The molecule has 5 aromatic rings. The third kappa shape index (κ3) is 4.96. The van der Waals surface area contributed by atoms with E-state index in [2.05, 4.69) is 21.0 Å². The van der Waals surface area contributed by atoms with Gasteiger partial charge in [0, 0.05) is 74.3 Å². The molecule has 5 atom stereocenters. The van der Waals surface area contributed by atoms with Crippen molar-refractivity contribution in [1.82, 2.24) is 34.9 Å². The molecule has 5 fully saturated rings. The van der Waals surface area contributed by atoms with Crippen LogP contribution in [-0.2, 0) is 11.8 Å². The van der Waals surface area contributed by atoms with E-state index in [1.165, 1.54) is 24.3 Å². The smallest absolute Gasteiger partial charge is 0.319 e. The first-order chi connectivity index (χ1) is 25.6. The van der Waals surface area contributed by atoms with E-state index >= 15 is 8.78 Å². The fourth-order valence-corrected chi connectivity index (χ4v) is 9.70. The first-order valence-electron chi connectivity index (χ1n) is 18.2. The zero-order valence-electron chi connectivity index (χ0n) is 29.1. The molecule has 10 rings (SSSR count). The summed E-state index contributed by atoms with van der Waals surface area (Å²) in [4.78, 5) is 29.2. The van der Waals surface area contributed by atoms with Gasteiger partial charge in [0.05, 0.1) is 22.5 Å². The summed E-state index contributed by atoms with van der Waals surface area (Å²) in [6.45, 7) is 2.96. The zero-order chi connectivity index (χ0) is 36.3. The van der Waals surface area contributed by atoms with Crippen LogP contribution in [0.2, 0.25) is 0 Å². The van der Waals surface area contributed by atoms with Gasteiger partial charge >= 0.3 is 6.01 Å². The molecule has 3 aromatic carbocycles. The van der Waals surface area contributed by atoms with Crippen molar-refractivity contribution in [2.24, 2.45) is 7.05 Å². The molecule has 1 unspecified atom stereocenters. The number of alkyl halides is 1. The van der Waals surface area contributed by atoms with Gasteiger partial charge < -0.3 is 25.0 Å². The van der Waals surface area contributed by atoms with E-state index in [0.717, 1.165) is 32.2 Å². The van der Waals surface area contributed by atoms with Crippen molar-refractivity contribution in [2.45, 2.75) is 61.9 Å². The molecule has 0 aliphatic carbocycles. The second-order valence-electron chi connectivity index (χ2n) is 15.3. The van der Waals surface area contributed by atoms with Crippen LogP contribution >= 0.6 is 0 Å². The van der Waals surface area contributed by atoms with Gasteiger partial charge in [0.15, 0.2) is 5.82 Å². The molecule has 1 amide bonds. The number of aromatic hydroxyl groups is 1. The zero-order valence-corrected chi connectivity index (χ0v) is 29.1. The number of halogens is 3. The summed E-state index contributed by atoms with van der Waals surface area (Å²) in [5, 5.41) is 20.4. The number of carbonyl (C=O) groups is 1. The van der Waals surface area contributed by atoms with Gasteiger partial charge in [-0.25, -0.2) is 13.2 Å². The molecular weight excluding hydrogens is 685 g/mol. The lowest BCUT2D eigenvalue weighted by atomic mass is 9.91. The number of ether oxygens (including phenoxy) is 1. The number of nitrogens with one attached hydrogen (secondary N) is 1. The van der Waals surface area contributed by atoms with E-state index in [-0.39, 0.29) is 75.5 Å². The first-order valence-corrected chi connectivity index (χ1v) is 18.2. The van der Waals surface area contributed by atoms with Crippen LogP contribution in [0.5, 0.6) is 11.8 Å². The van der Waals surface area contributed by atoms with Gasteiger partial charge in [0.25, 0.3) is 0 Å². The Morgan fingerprint density at radius 3 is 2.68 bits per heavy atom. The van der Waals surface area contributed by atoms with Crippen LogP contribution in [0.3, 0.4) is 0 Å². The van der Waals surface area contributed by atoms with Crippen LogP contribution in [0.4, 0.5) is 19.0 Å². The minimum atomic E-state index is -0.957. The summed E-state index contributed by atoms with van der Waals surface area (Å²) in [7, 11) is 1.73. The molecule has 5 aliphatic heterocycles. The Kier molecular flexibility index (Phi) is 7.17. The summed E-state index contributed by atoms with van der Waals surface area (Å²) in [5.74, 6) is 1.42. The molecule has 2 N–H and O–H groups in total. The van der Waals surface area contributed by atoms with E-state index in [1.54, 1.807) is 17.9 Å². The predicted molar refractivity (Wildman–Crippen MR) is 192 cm³/mol. The van der Waals surface area contributed by atoms with Crippen molar-refractivity contribution in [2.75, 3.05) is 44.2 Å². The van der Waals surface area contributed by atoms with Gasteiger partial charge in [-0.2, -0.15) is 15.1 Å². The Hall–Kier alpha value is -5.13. The van der Waals surface area contributed by atoms with Crippen molar-refractivity contribution in [3.8, 4) is 35.2 Å². The number of terminal acetylenes is 1. The summed E-state index contributed by atoms with van der Waals surface area (Å²) in [6, 6.07) is 5.18. The molecule has 7 heterocycles. The predicted octanol–water partition coefficient (Wildman–Crippen LogP) is 4.41. The minimum absolute atomic E-state index is 0.00125. The molecule has 53 heavy (non-hydrogen) atoms. The molecule has 0 spiro atoms. The molecule has 0 radical (unpaired) electrons. The minimum Gasteiger partial charge on any atom is -0.508 e. The maximum Gasteiger partial charge on any atom is 0.319 e. The number of nitrogens with zero attached hydrogens (tertiary/aromatic N) is 7. The number of carbonyl (C=O) groups excluding carboxylic acids is 1. The average molecular weight is 723 g/mol. The Bertz CT molecular complexity index is 2410. The highest BCUT2D eigenvalue weighted by Crippen LogP contribution is 2.47. The maximum absolute atomic E-state index is 17.7. The largest absolute Gasteiger partial charge is 0.508 e. The number of anilines is 1. The molecule has 5 aliphatic rings. The second-order valence-corrected chi connectivity index (χ2v) is 15.3. The van der Waals surface area contributed by atoms with Crippen molar-refractivity contribution >= 4 is 44.3 Å². The number of aryl methyl sites for hydroxylation is 1. The van der Waals surface area contributed by atoms with Crippen molar-refractivity contribution in [3.63, 3.8) is 0 Å². The number of rotatable bonds is 6. The van der Waals surface area contributed by atoms with Crippen molar-refractivity contribution in [3.05, 3.63) is 47.7 Å². The second kappa shape index (κ2) is 11.7. The van der Waals surface area contributed by atoms with E-state index in [4.69, 9.17) is 26.2 Å². The van der Waals surface area contributed by atoms with Crippen LogP contribution in [0, 0.1) is 24.0 Å². The molecular formula is C39H37F3N8O3. The van der Waals surface area contributed by atoms with Gasteiger partial charge in [0.1, 0.15) is 41.2 Å². The molecule has 5 saturated heterocycles.